The molecule has 0 saturated carbocycles. The van der Waals surface area contributed by atoms with Crippen LogP contribution in [-0.2, 0) is 19.0 Å². The van der Waals surface area contributed by atoms with Crippen LogP contribution in [0.4, 0.5) is 0 Å². The van der Waals surface area contributed by atoms with Gasteiger partial charge in [0.05, 0.1) is 12.4 Å². The van der Waals surface area contributed by atoms with Crippen LogP contribution < -0.4 is 5.32 Å². The number of nitrogens with zero attached hydrogens (tertiary/aromatic N) is 5. The molecule has 7 nitrogen and oxygen atoms in total. The van der Waals surface area contributed by atoms with Crippen molar-refractivity contribution in [2.24, 2.45) is 12.0 Å². The molecule has 3 rings (SSSR count). The zero-order chi connectivity index (χ0) is 18.7. The van der Waals surface area contributed by atoms with Gasteiger partial charge in [-0.3, -0.25) is 4.68 Å². The second-order valence-corrected chi connectivity index (χ2v) is 7.92. The summed E-state index contributed by atoms with van der Waals surface area (Å²) in [4.78, 5) is 11.4. The number of likely N-dealkylation sites (tertiary alicyclic amines) is 1. The number of halogens is 1. The third-order valence-corrected chi connectivity index (χ3v) is 4.68. The zero-order valence-electron chi connectivity index (χ0n) is 16.9. The Morgan fingerprint density at radius 1 is 1.37 bits per heavy atom. The van der Waals surface area contributed by atoms with E-state index in [9.17, 15) is 0 Å². The van der Waals surface area contributed by atoms with E-state index in [4.69, 9.17) is 9.41 Å². The van der Waals surface area contributed by atoms with E-state index in [1.165, 1.54) is 5.56 Å². The minimum absolute atomic E-state index is 0. The van der Waals surface area contributed by atoms with Gasteiger partial charge in [0.15, 0.2) is 5.96 Å². The first-order valence-electron chi connectivity index (χ1n) is 9.33. The maximum atomic E-state index is 5.86. The van der Waals surface area contributed by atoms with Crippen molar-refractivity contribution >= 4 is 29.9 Å². The standard InChI is InChI=1S/C19H30N6O.HI/c1-6-20-18(22-11-17-21-10-16(26-17)19(2,3)4)25-8-7-14(13-25)15-9-23-24(5)12-15;/h9-10,12,14H,6-8,11,13H2,1-5H3,(H,20,22);1H. The van der Waals surface area contributed by atoms with Crippen molar-refractivity contribution in [1.82, 2.24) is 25.0 Å². The SMILES string of the molecule is CCNC(=NCc1ncc(C(C)(C)C)o1)N1CCC(c2cnn(C)c2)C1.I. The average Bonchev–Trinajstić information content (AvgIpc) is 3.30. The highest BCUT2D eigenvalue weighted by atomic mass is 127. The number of nitrogens with one attached hydrogen (secondary N) is 1. The van der Waals surface area contributed by atoms with Gasteiger partial charge in [-0.15, -0.1) is 24.0 Å². The summed E-state index contributed by atoms with van der Waals surface area (Å²) in [5, 5.41) is 7.69. The quantitative estimate of drug-likeness (QED) is 0.408. The van der Waals surface area contributed by atoms with Gasteiger partial charge in [0.1, 0.15) is 12.3 Å². The predicted molar refractivity (Wildman–Crippen MR) is 118 cm³/mol. The Morgan fingerprint density at radius 2 is 2.15 bits per heavy atom. The van der Waals surface area contributed by atoms with Gasteiger partial charge in [-0.2, -0.15) is 5.10 Å². The molecule has 150 valence electrons. The van der Waals surface area contributed by atoms with E-state index >= 15 is 0 Å². The molecule has 1 N–H and O–H groups in total. The highest BCUT2D eigenvalue weighted by Crippen LogP contribution is 2.27. The van der Waals surface area contributed by atoms with Crippen LogP contribution >= 0.6 is 24.0 Å². The van der Waals surface area contributed by atoms with Gasteiger partial charge in [0, 0.05) is 44.2 Å². The van der Waals surface area contributed by atoms with Crippen molar-refractivity contribution < 1.29 is 4.42 Å². The maximum absolute atomic E-state index is 5.86. The molecule has 1 unspecified atom stereocenters. The Hall–Kier alpha value is -1.58. The Labute approximate surface area is 178 Å². The Bertz CT molecular complexity index is 760. The molecule has 1 aliphatic rings. The summed E-state index contributed by atoms with van der Waals surface area (Å²) in [5.41, 5.74) is 1.26. The number of aliphatic imine (C=N–C) groups is 1. The van der Waals surface area contributed by atoms with Crippen LogP contribution in [0.5, 0.6) is 0 Å². The van der Waals surface area contributed by atoms with Gasteiger partial charge in [-0.25, -0.2) is 9.98 Å². The first kappa shape index (κ1) is 21.7. The highest BCUT2D eigenvalue weighted by Gasteiger charge is 2.27. The van der Waals surface area contributed by atoms with Gasteiger partial charge in [0.2, 0.25) is 5.89 Å². The molecule has 0 bridgehead atoms. The van der Waals surface area contributed by atoms with Gasteiger partial charge >= 0.3 is 0 Å². The molecular formula is C19H31IN6O. The summed E-state index contributed by atoms with van der Waals surface area (Å²) in [5.74, 6) is 2.98. The van der Waals surface area contributed by atoms with Gasteiger partial charge in [-0.1, -0.05) is 20.8 Å². The predicted octanol–water partition coefficient (Wildman–Crippen LogP) is 3.28. The summed E-state index contributed by atoms with van der Waals surface area (Å²) < 4.78 is 7.72. The van der Waals surface area contributed by atoms with Crippen LogP contribution in [-0.4, -0.2) is 45.3 Å². The van der Waals surface area contributed by atoms with Crippen molar-refractivity contribution in [3.05, 3.63) is 35.8 Å². The molecule has 0 aliphatic carbocycles. The molecule has 2 aromatic rings. The smallest absolute Gasteiger partial charge is 0.216 e. The molecule has 1 fully saturated rings. The molecule has 3 heterocycles. The monoisotopic (exact) mass is 486 g/mol. The average molecular weight is 486 g/mol. The number of hydrogen-bond donors (Lipinski definition) is 1. The molecule has 1 atom stereocenters. The molecule has 0 amide bonds. The lowest BCUT2D eigenvalue weighted by Crippen LogP contribution is -2.40. The summed E-state index contributed by atoms with van der Waals surface area (Å²) >= 11 is 0. The molecule has 8 heteroatoms. The third-order valence-electron chi connectivity index (χ3n) is 4.68. The fraction of sp³-hybridized carbons (Fsp3) is 0.632. The summed E-state index contributed by atoms with van der Waals surface area (Å²) in [6.45, 7) is 11.7. The highest BCUT2D eigenvalue weighted by molar-refractivity contribution is 14.0. The zero-order valence-corrected chi connectivity index (χ0v) is 19.2. The van der Waals surface area contributed by atoms with Crippen LogP contribution in [0.2, 0.25) is 0 Å². The molecular weight excluding hydrogens is 455 g/mol. The van der Waals surface area contributed by atoms with Crippen LogP contribution in [0, 0.1) is 0 Å². The molecule has 27 heavy (non-hydrogen) atoms. The van der Waals surface area contributed by atoms with E-state index < -0.39 is 0 Å². The lowest BCUT2D eigenvalue weighted by Gasteiger charge is -2.21. The molecule has 0 spiro atoms. The van der Waals surface area contributed by atoms with E-state index in [0.717, 1.165) is 37.8 Å². The van der Waals surface area contributed by atoms with E-state index in [1.807, 2.05) is 24.1 Å². The fourth-order valence-electron chi connectivity index (χ4n) is 3.17. The molecule has 1 aliphatic heterocycles. The van der Waals surface area contributed by atoms with E-state index in [0.29, 0.717) is 18.4 Å². The summed E-state index contributed by atoms with van der Waals surface area (Å²) in [6, 6.07) is 0. The number of aryl methyl sites for hydroxylation is 1. The largest absolute Gasteiger partial charge is 0.443 e. The second kappa shape index (κ2) is 9.07. The van der Waals surface area contributed by atoms with Crippen molar-refractivity contribution in [2.75, 3.05) is 19.6 Å². The van der Waals surface area contributed by atoms with Crippen LogP contribution in [0.25, 0.3) is 0 Å². The third kappa shape index (κ3) is 5.46. The van der Waals surface area contributed by atoms with E-state index in [1.54, 1.807) is 0 Å². The first-order valence-corrected chi connectivity index (χ1v) is 9.33. The lowest BCUT2D eigenvalue weighted by molar-refractivity contribution is 0.382. The second-order valence-electron chi connectivity index (χ2n) is 7.92. The fourth-order valence-corrected chi connectivity index (χ4v) is 3.17. The first-order chi connectivity index (χ1) is 12.4. The molecule has 0 aromatic carbocycles. The number of hydrogen-bond acceptors (Lipinski definition) is 4. The molecule has 0 radical (unpaired) electrons. The van der Waals surface area contributed by atoms with Crippen LogP contribution in [0.1, 0.15) is 57.2 Å². The minimum Gasteiger partial charge on any atom is -0.443 e. The van der Waals surface area contributed by atoms with Crippen molar-refractivity contribution in [1.29, 1.82) is 0 Å². The van der Waals surface area contributed by atoms with Crippen molar-refractivity contribution in [3.8, 4) is 0 Å². The van der Waals surface area contributed by atoms with Crippen LogP contribution in [0.3, 0.4) is 0 Å². The maximum Gasteiger partial charge on any atom is 0.216 e. The van der Waals surface area contributed by atoms with Crippen LogP contribution in [0.15, 0.2) is 28.0 Å². The topological polar surface area (TPSA) is 71.5 Å². The normalized spacial score (nSPS) is 17.9. The molecule has 2 aromatic heterocycles. The summed E-state index contributed by atoms with van der Waals surface area (Å²) in [7, 11) is 1.96. The van der Waals surface area contributed by atoms with Gasteiger partial charge < -0.3 is 14.6 Å². The van der Waals surface area contributed by atoms with E-state index in [-0.39, 0.29) is 29.4 Å². The Morgan fingerprint density at radius 3 is 2.74 bits per heavy atom. The number of aromatic nitrogens is 3. The lowest BCUT2D eigenvalue weighted by atomic mass is 9.94. The number of oxazole rings is 1. The minimum atomic E-state index is -0.0364. The van der Waals surface area contributed by atoms with Gasteiger partial charge in [-0.05, 0) is 18.9 Å². The Kier molecular flexibility index (Phi) is 7.30. The number of guanidine groups is 1. The van der Waals surface area contributed by atoms with Gasteiger partial charge in [0.25, 0.3) is 0 Å². The van der Waals surface area contributed by atoms with Crippen molar-refractivity contribution in [2.45, 2.75) is 52.0 Å². The van der Waals surface area contributed by atoms with Crippen molar-refractivity contribution in [3.63, 3.8) is 0 Å². The molecule has 1 saturated heterocycles. The van der Waals surface area contributed by atoms with E-state index in [2.05, 4.69) is 54.2 Å². The number of rotatable bonds is 4. The Balaban J connectivity index is 0.00000261. The summed E-state index contributed by atoms with van der Waals surface area (Å²) in [6.07, 6.45) is 7.01.